The SMILES string of the molecule is O=C(Nc1cccc(S(=O)(=O)Nc2ccccc2)c1)[C@@]12CCCC[C@H]1CNC2. The molecule has 1 aliphatic carbocycles. The first-order chi connectivity index (χ1) is 13.5. The molecule has 0 bridgehead atoms. The zero-order valence-electron chi connectivity index (χ0n) is 15.6. The standard InChI is InChI=1S/C21H25N3O3S/c25-20(21-12-5-4-7-16(21)14-22-15-21)23-18-10-6-11-19(13-18)28(26,27)24-17-8-2-1-3-9-17/h1-3,6,8-11,13,16,22,24H,4-5,7,12,14-15H2,(H,23,25)/t16-,21+/m0/s1. The van der Waals surface area contributed by atoms with Crippen LogP contribution in [-0.4, -0.2) is 27.4 Å². The largest absolute Gasteiger partial charge is 0.326 e. The zero-order chi connectivity index (χ0) is 19.6. The molecule has 2 aromatic rings. The Balaban J connectivity index is 1.53. The van der Waals surface area contributed by atoms with Crippen LogP contribution in [0.2, 0.25) is 0 Å². The molecule has 2 atom stereocenters. The van der Waals surface area contributed by atoms with Crippen LogP contribution in [0.4, 0.5) is 11.4 Å². The van der Waals surface area contributed by atoms with Gasteiger partial charge in [-0.3, -0.25) is 9.52 Å². The molecule has 2 aromatic carbocycles. The van der Waals surface area contributed by atoms with Gasteiger partial charge in [-0.25, -0.2) is 8.42 Å². The Morgan fingerprint density at radius 3 is 2.64 bits per heavy atom. The first-order valence-electron chi connectivity index (χ1n) is 9.70. The fourth-order valence-electron chi connectivity index (χ4n) is 4.41. The second kappa shape index (κ2) is 7.56. The summed E-state index contributed by atoms with van der Waals surface area (Å²) in [5.41, 5.74) is 0.625. The van der Waals surface area contributed by atoms with Crippen molar-refractivity contribution in [2.75, 3.05) is 23.1 Å². The van der Waals surface area contributed by atoms with Crippen LogP contribution in [0.25, 0.3) is 0 Å². The summed E-state index contributed by atoms with van der Waals surface area (Å²) in [6.45, 7) is 1.57. The Hall–Kier alpha value is -2.38. The van der Waals surface area contributed by atoms with Crippen LogP contribution >= 0.6 is 0 Å². The smallest absolute Gasteiger partial charge is 0.261 e. The molecular formula is C21H25N3O3S. The van der Waals surface area contributed by atoms with Gasteiger partial charge in [0.2, 0.25) is 5.91 Å². The van der Waals surface area contributed by atoms with Crippen molar-refractivity contribution in [1.29, 1.82) is 0 Å². The van der Waals surface area contributed by atoms with E-state index in [1.54, 1.807) is 36.4 Å². The highest BCUT2D eigenvalue weighted by atomic mass is 32.2. The first kappa shape index (κ1) is 19.0. The maximum absolute atomic E-state index is 13.1. The number of carbonyl (C=O) groups excluding carboxylic acids is 1. The molecule has 1 aliphatic heterocycles. The lowest BCUT2D eigenvalue weighted by molar-refractivity contribution is -0.128. The number of hydrogen-bond donors (Lipinski definition) is 3. The first-order valence-corrected chi connectivity index (χ1v) is 11.2. The predicted octanol–water partition coefficient (Wildman–Crippen LogP) is 3.21. The molecule has 28 heavy (non-hydrogen) atoms. The van der Waals surface area contributed by atoms with Crippen molar-refractivity contribution in [3.05, 3.63) is 54.6 Å². The van der Waals surface area contributed by atoms with Crippen molar-refractivity contribution < 1.29 is 13.2 Å². The number of hydrogen-bond acceptors (Lipinski definition) is 4. The van der Waals surface area contributed by atoms with Gasteiger partial charge in [0, 0.05) is 17.9 Å². The van der Waals surface area contributed by atoms with Crippen molar-refractivity contribution in [3.63, 3.8) is 0 Å². The highest BCUT2D eigenvalue weighted by Gasteiger charge is 2.49. The highest BCUT2D eigenvalue weighted by molar-refractivity contribution is 7.92. The molecule has 2 fully saturated rings. The molecule has 7 heteroatoms. The molecule has 1 amide bonds. The van der Waals surface area contributed by atoms with E-state index >= 15 is 0 Å². The fraction of sp³-hybridized carbons (Fsp3) is 0.381. The number of carbonyl (C=O) groups is 1. The minimum Gasteiger partial charge on any atom is -0.326 e. The van der Waals surface area contributed by atoms with Gasteiger partial charge in [-0.15, -0.1) is 0 Å². The average molecular weight is 400 g/mol. The van der Waals surface area contributed by atoms with Gasteiger partial charge in [0.15, 0.2) is 0 Å². The summed E-state index contributed by atoms with van der Waals surface area (Å²) in [5, 5.41) is 6.35. The van der Waals surface area contributed by atoms with Gasteiger partial charge in [0.25, 0.3) is 10.0 Å². The van der Waals surface area contributed by atoms with Crippen LogP contribution in [0.5, 0.6) is 0 Å². The third-order valence-corrected chi connectivity index (χ3v) is 7.30. The van der Waals surface area contributed by atoms with Gasteiger partial charge < -0.3 is 10.6 Å². The maximum atomic E-state index is 13.1. The van der Waals surface area contributed by atoms with E-state index in [-0.39, 0.29) is 16.2 Å². The number of benzene rings is 2. The molecule has 0 radical (unpaired) electrons. The van der Waals surface area contributed by atoms with Crippen LogP contribution in [0.3, 0.4) is 0 Å². The number of anilines is 2. The maximum Gasteiger partial charge on any atom is 0.261 e. The predicted molar refractivity (Wildman–Crippen MR) is 110 cm³/mol. The number of sulfonamides is 1. The third kappa shape index (κ3) is 3.64. The van der Waals surface area contributed by atoms with Crippen molar-refractivity contribution >= 4 is 27.3 Å². The molecule has 148 valence electrons. The van der Waals surface area contributed by atoms with Gasteiger partial charge in [-0.2, -0.15) is 0 Å². The van der Waals surface area contributed by atoms with E-state index in [0.29, 0.717) is 23.8 Å². The van der Waals surface area contributed by atoms with Crippen LogP contribution in [0.15, 0.2) is 59.5 Å². The van der Waals surface area contributed by atoms with Crippen LogP contribution < -0.4 is 15.4 Å². The number of para-hydroxylation sites is 1. The summed E-state index contributed by atoms with van der Waals surface area (Å²) >= 11 is 0. The molecule has 1 heterocycles. The molecule has 1 saturated heterocycles. The molecule has 0 spiro atoms. The molecule has 4 rings (SSSR count). The Labute approximate surface area is 165 Å². The second-order valence-corrected chi connectivity index (χ2v) is 9.37. The number of nitrogens with one attached hydrogen (secondary N) is 3. The van der Waals surface area contributed by atoms with E-state index in [1.165, 1.54) is 18.6 Å². The molecule has 1 saturated carbocycles. The normalized spacial score (nSPS) is 24.4. The third-order valence-electron chi connectivity index (χ3n) is 5.92. The van der Waals surface area contributed by atoms with Crippen molar-refractivity contribution in [1.82, 2.24) is 5.32 Å². The van der Waals surface area contributed by atoms with Crippen molar-refractivity contribution in [3.8, 4) is 0 Å². The number of fused-ring (bicyclic) bond motifs is 1. The summed E-state index contributed by atoms with van der Waals surface area (Å²) in [6.07, 6.45) is 4.17. The fourth-order valence-corrected chi connectivity index (χ4v) is 5.51. The summed E-state index contributed by atoms with van der Waals surface area (Å²) in [4.78, 5) is 13.2. The van der Waals surface area contributed by atoms with Gasteiger partial charge in [0.05, 0.1) is 10.3 Å². The van der Waals surface area contributed by atoms with Crippen LogP contribution in [0, 0.1) is 11.3 Å². The summed E-state index contributed by atoms with van der Waals surface area (Å²) in [6, 6.07) is 15.2. The number of rotatable bonds is 5. The van der Waals surface area contributed by atoms with E-state index in [1.807, 2.05) is 6.07 Å². The van der Waals surface area contributed by atoms with E-state index in [0.717, 1.165) is 25.8 Å². The van der Waals surface area contributed by atoms with Crippen molar-refractivity contribution in [2.24, 2.45) is 11.3 Å². The minimum absolute atomic E-state index is 0.00670. The van der Waals surface area contributed by atoms with Gasteiger partial charge in [0.1, 0.15) is 0 Å². The van der Waals surface area contributed by atoms with Gasteiger partial charge >= 0.3 is 0 Å². The molecule has 0 unspecified atom stereocenters. The Morgan fingerprint density at radius 1 is 1.04 bits per heavy atom. The van der Waals surface area contributed by atoms with Crippen molar-refractivity contribution in [2.45, 2.75) is 30.6 Å². The Kier molecular flexibility index (Phi) is 5.12. The van der Waals surface area contributed by atoms with Crippen LogP contribution in [-0.2, 0) is 14.8 Å². The Bertz CT molecular complexity index is 962. The number of amides is 1. The summed E-state index contributed by atoms with van der Waals surface area (Å²) in [7, 11) is -3.73. The van der Waals surface area contributed by atoms with Gasteiger partial charge in [-0.05, 0) is 55.6 Å². The topological polar surface area (TPSA) is 87.3 Å². The monoisotopic (exact) mass is 399 g/mol. The average Bonchev–Trinajstić information content (AvgIpc) is 3.14. The van der Waals surface area contributed by atoms with E-state index in [9.17, 15) is 13.2 Å². The lowest BCUT2D eigenvalue weighted by Gasteiger charge is -2.37. The molecule has 0 aromatic heterocycles. The molecular weight excluding hydrogens is 374 g/mol. The zero-order valence-corrected chi connectivity index (χ0v) is 16.5. The van der Waals surface area contributed by atoms with Gasteiger partial charge in [-0.1, -0.05) is 37.1 Å². The van der Waals surface area contributed by atoms with E-state index in [2.05, 4.69) is 15.4 Å². The molecule has 3 N–H and O–H groups in total. The van der Waals surface area contributed by atoms with E-state index < -0.39 is 10.0 Å². The second-order valence-electron chi connectivity index (χ2n) is 7.68. The summed E-state index contributed by atoms with van der Waals surface area (Å²) < 4.78 is 27.9. The highest BCUT2D eigenvalue weighted by Crippen LogP contribution is 2.44. The lowest BCUT2D eigenvalue weighted by Crippen LogP contribution is -2.44. The molecule has 6 nitrogen and oxygen atoms in total. The van der Waals surface area contributed by atoms with Crippen LogP contribution in [0.1, 0.15) is 25.7 Å². The lowest BCUT2D eigenvalue weighted by atomic mass is 9.67. The summed E-state index contributed by atoms with van der Waals surface area (Å²) in [5.74, 6) is 0.348. The van der Waals surface area contributed by atoms with E-state index in [4.69, 9.17) is 0 Å². The minimum atomic E-state index is -3.73. The quantitative estimate of drug-likeness (QED) is 0.721. The Morgan fingerprint density at radius 2 is 1.82 bits per heavy atom. The molecule has 2 aliphatic rings.